The molecule has 6 heteroatoms. The minimum Gasteiger partial charge on any atom is -0.446 e. The van der Waals surface area contributed by atoms with Crippen LogP contribution in [0.2, 0.25) is 0 Å². The molecule has 1 saturated heterocycles. The minimum absolute atomic E-state index is 0.00187. The normalized spacial score (nSPS) is 19.4. The number of morpholine rings is 1. The largest absolute Gasteiger partial charge is 0.446 e. The average molecular weight is 280 g/mol. The lowest BCUT2D eigenvalue weighted by molar-refractivity contribution is -0.00897. The van der Waals surface area contributed by atoms with E-state index in [1.54, 1.807) is 4.90 Å². The summed E-state index contributed by atoms with van der Waals surface area (Å²) < 4.78 is 10.7. The van der Waals surface area contributed by atoms with Crippen molar-refractivity contribution in [1.29, 1.82) is 0 Å². The fourth-order valence-corrected chi connectivity index (χ4v) is 2.39. The number of carbonyl (C=O) groups excluding carboxylic acids is 2. The summed E-state index contributed by atoms with van der Waals surface area (Å²) in [5, 5.41) is 0. The van der Waals surface area contributed by atoms with Crippen molar-refractivity contribution in [3.8, 4) is 0 Å². The standard InChI is InChI=1S/C14H20N2O4/c1-9(2)7-10-8-19-6-5-16(10)14(18)12-4-3-11(20-12)13(15)17/h3-4,9-10H,5-8H2,1-2H3,(H2,15,17)/t10-/m0/s1. The van der Waals surface area contributed by atoms with Crippen LogP contribution in [0.4, 0.5) is 0 Å². The summed E-state index contributed by atoms with van der Waals surface area (Å²) in [7, 11) is 0. The smallest absolute Gasteiger partial charge is 0.289 e. The van der Waals surface area contributed by atoms with E-state index in [0.29, 0.717) is 25.7 Å². The first kappa shape index (κ1) is 14.6. The van der Waals surface area contributed by atoms with Gasteiger partial charge in [-0.3, -0.25) is 9.59 Å². The number of rotatable bonds is 4. The lowest BCUT2D eigenvalue weighted by Crippen LogP contribution is -2.49. The minimum atomic E-state index is -0.676. The van der Waals surface area contributed by atoms with Crippen molar-refractivity contribution < 1.29 is 18.7 Å². The Morgan fingerprint density at radius 3 is 2.70 bits per heavy atom. The van der Waals surface area contributed by atoms with Gasteiger partial charge in [0.2, 0.25) is 0 Å². The molecule has 0 unspecified atom stereocenters. The molecule has 2 N–H and O–H groups in total. The van der Waals surface area contributed by atoms with Gasteiger partial charge < -0.3 is 19.8 Å². The van der Waals surface area contributed by atoms with Crippen LogP contribution in [0.1, 0.15) is 41.4 Å². The number of nitrogens with two attached hydrogens (primary N) is 1. The van der Waals surface area contributed by atoms with Crippen molar-refractivity contribution >= 4 is 11.8 Å². The number of nitrogens with zero attached hydrogens (tertiary/aromatic N) is 1. The van der Waals surface area contributed by atoms with E-state index in [-0.39, 0.29) is 23.5 Å². The van der Waals surface area contributed by atoms with Crippen LogP contribution in [-0.4, -0.2) is 42.5 Å². The van der Waals surface area contributed by atoms with Gasteiger partial charge in [0.25, 0.3) is 11.8 Å². The number of carbonyl (C=O) groups is 2. The number of amides is 2. The highest BCUT2D eigenvalue weighted by atomic mass is 16.5. The number of furan rings is 1. The van der Waals surface area contributed by atoms with Crippen LogP contribution >= 0.6 is 0 Å². The van der Waals surface area contributed by atoms with E-state index in [4.69, 9.17) is 14.9 Å². The predicted octanol–water partition coefficient (Wildman–Crippen LogP) is 1.27. The van der Waals surface area contributed by atoms with Crippen molar-refractivity contribution in [2.45, 2.75) is 26.3 Å². The van der Waals surface area contributed by atoms with Crippen LogP contribution in [0.25, 0.3) is 0 Å². The summed E-state index contributed by atoms with van der Waals surface area (Å²) in [5.74, 6) is -0.275. The summed E-state index contributed by atoms with van der Waals surface area (Å²) in [4.78, 5) is 25.2. The van der Waals surface area contributed by atoms with Gasteiger partial charge in [-0.15, -0.1) is 0 Å². The molecule has 0 spiro atoms. The highest BCUT2D eigenvalue weighted by Crippen LogP contribution is 2.19. The first-order chi connectivity index (χ1) is 9.49. The molecular formula is C14H20N2O4. The molecule has 20 heavy (non-hydrogen) atoms. The third-order valence-corrected chi connectivity index (χ3v) is 3.29. The second kappa shape index (κ2) is 6.09. The summed E-state index contributed by atoms with van der Waals surface area (Å²) >= 11 is 0. The van der Waals surface area contributed by atoms with Gasteiger partial charge in [0.1, 0.15) is 0 Å². The molecule has 1 fully saturated rings. The zero-order valence-corrected chi connectivity index (χ0v) is 11.8. The molecule has 1 aliphatic rings. The Labute approximate surface area is 117 Å². The second-order valence-electron chi connectivity index (χ2n) is 5.38. The van der Waals surface area contributed by atoms with Crippen LogP contribution in [-0.2, 0) is 4.74 Å². The van der Waals surface area contributed by atoms with Crippen LogP contribution in [0.15, 0.2) is 16.5 Å². The third-order valence-electron chi connectivity index (χ3n) is 3.29. The van der Waals surface area contributed by atoms with E-state index >= 15 is 0 Å². The highest BCUT2D eigenvalue weighted by Gasteiger charge is 2.30. The van der Waals surface area contributed by atoms with Crippen molar-refractivity contribution in [2.75, 3.05) is 19.8 Å². The number of ether oxygens (including phenoxy) is 1. The van der Waals surface area contributed by atoms with Gasteiger partial charge in [0.05, 0.1) is 19.3 Å². The van der Waals surface area contributed by atoms with E-state index in [2.05, 4.69) is 13.8 Å². The van der Waals surface area contributed by atoms with Crippen molar-refractivity contribution in [3.05, 3.63) is 23.7 Å². The van der Waals surface area contributed by atoms with E-state index in [9.17, 15) is 9.59 Å². The first-order valence-electron chi connectivity index (χ1n) is 6.77. The zero-order valence-electron chi connectivity index (χ0n) is 11.8. The molecule has 1 atom stereocenters. The Morgan fingerprint density at radius 2 is 2.10 bits per heavy atom. The molecule has 0 aromatic carbocycles. The molecule has 2 amide bonds. The Hall–Kier alpha value is -1.82. The van der Waals surface area contributed by atoms with Crippen molar-refractivity contribution in [2.24, 2.45) is 11.7 Å². The zero-order chi connectivity index (χ0) is 14.7. The molecule has 1 aliphatic heterocycles. The van der Waals surface area contributed by atoms with Crippen molar-refractivity contribution in [3.63, 3.8) is 0 Å². The molecule has 6 nitrogen and oxygen atoms in total. The Kier molecular flexibility index (Phi) is 4.44. The number of hydrogen-bond donors (Lipinski definition) is 1. The van der Waals surface area contributed by atoms with Crippen LogP contribution < -0.4 is 5.73 Å². The molecule has 0 aliphatic carbocycles. The van der Waals surface area contributed by atoms with Gasteiger partial charge >= 0.3 is 0 Å². The van der Waals surface area contributed by atoms with Crippen LogP contribution in [0, 0.1) is 5.92 Å². The fourth-order valence-electron chi connectivity index (χ4n) is 2.39. The summed E-state index contributed by atoms with van der Waals surface area (Å²) in [6.45, 7) is 5.80. The van der Waals surface area contributed by atoms with Crippen LogP contribution in [0.3, 0.4) is 0 Å². The maximum Gasteiger partial charge on any atom is 0.289 e. The van der Waals surface area contributed by atoms with Gasteiger partial charge in [-0.1, -0.05) is 13.8 Å². The summed E-state index contributed by atoms with van der Waals surface area (Å²) in [6, 6.07) is 2.95. The maximum atomic E-state index is 12.5. The lowest BCUT2D eigenvalue weighted by Gasteiger charge is -2.36. The third kappa shape index (κ3) is 3.19. The molecule has 0 saturated carbocycles. The van der Waals surface area contributed by atoms with Gasteiger partial charge in [-0.2, -0.15) is 0 Å². The average Bonchev–Trinajstić information content (AvgIpc) is 2.87. The molecule has 110 valence electrons. The maximum absolute atomic E-state index is 12.5. The number of primary amides is 1. The fraction of sp³-hybridized carbons (Fsp3) is 0.571. The van der Waals surface area contributed by atoms with E-state index in [0.717, 1.165) is 6.42 Å². The van der Waals surface area contributed by atoms with Crippen LogP contribution in [0.5, 0.6) is 0 Å². The van der Waals surface area contributed by atoms with Gasteiger partial charge in [0, 0.05) is 6.54 Å². The Bertz CT molecular complexity index is 495. The monoisotopic (exact) mass is 280 g/mol. The second-order valence-corrected chi connectivity index (χ2v) is 5.38. The van der Waals surface area contributed by atoms with E-state index in [1.165, 1.54) is 12.1 Å². The molecule has 0 radical (unpaired) electrons. The number of hydrogen-bond acceptors (Lipinski definition) is 4. The SMILES string of the molecule is CC(C)C[C@H]1COCCN1C(=O)c1ccc(C(N)=O)o1. The molecule has 2 rings (SSSR count). The lowest BCUT2D eigenvalue weighted by atomic mass is 10.0. The van der Waals surface area contributed by atoms with E-state index in [1.807, 2.05) is 0 Å². The quantitative estimate of drug-likeness (QED) is 0.899. The van der Waals surface area contributed by atoms with E-state index < -0.39 is 5.91 Å². The molecule has 1 aromatic rings. The first-order valence-corrected chi connectivity index (χ1v) is 6.77. The molecule has 2 heterocycles. The Balaban J connectivity index is 2.14. The molecule has 0 bridgehead atoms. The predicted molar refractivity (Wildman–Crippen MR) is 72.3 cm³/mol. The molecular weight excluding hydrogens is 260 g/mol. The topological polar surface area (TPSA) is 85.8 Å². The van der Waals surface area contributed by atoms with Gasteiger partial charge in [-0.05, 0) is 24.5 Å². The Morgan fingerprint density at radius 1 is 1.40 bits per heavy atom. The summed E-state index contributed by atoms with van der Waals surface area (Å²) in [6.07, 6.45) is 0.870. The highest BCUT2D eigenvalue weighted by molar-refractivity contribution is 5.95. The van der Waals surface area contributed by atoms with Gasteiger partial charge in [0.15, 0.2) is 11.5 Å². The van der Waals surface area contributed by atoms with Gasteiger partial charge in [-0.25, -0.2) is 0 Å². The van der Waals surface area contributed by atoms with Crippen molar-refractivity contribution in [1.82, 2.24) is 4.90 Å². The molecule has 1 aromatic heterocycles. The summed E-state index contributed by atoms with van der Waals surface area (Å²) in [5.41, 5.74) is 5.12.